The zero-order valence-electron chi connectivity index (χ0n) is 19.6. The zero-order valence-corrected chi connectivity index (χ0v) is 19.6. The molecule has 0 bridgehead atoms. The number of nitrogens with zero attached hydrogens (tertiary/aromatic N) is 3. The number of ether oxygens (including phenoxy) is 1. The van der Waals surface area contributed by atoms with E-state index in [0.717, 1.165) is 0 Å². The van der Waals surface area contributed by atoms with Crippen LogP contribution in [0, 0.1) is 11.8 Å². The van der Waals surface area contributed by atoms with E-state index < -0.39 is 35.7 Å². The van der Waals surface area contributed by atoms with E-state index in [9.17, 15) is 27.6 Å². The number of alkyl halides is 3. The first-order valence-corrected chi connectivity index (χ1v) is 11.6. The van der Waals surface area contributed by atoms with Crippen molar-refractivity contribution in [3.63, 3.8) is 0 Å². The van der Waals surface area contributed by atoms with Crippen molar-refractivity contribution in [1.29, 1.82) is 0 Å². The van der Waals surface area contributed by atoms with Crippen LogP contribution in [-0.4, -0.2) is 57.6 Å². The van der Waals surface area contributed by atoms with E-state index in [1.54, 1.807) is 6.07 Å². The maximum absolute atomic E-state index is 13.5. The van der Waals surface area contributed by atoms with Crippen LogP contribution in [0.2, 0.25) is 0 Å². The molecule has 1 aliphatic heterocycles. The molecule has 4 rings (SSSR count). The predicted octanol–water partition coefficient (Wildman–Crippen LogP) is 1.81. The van der Waals surface area contributed by atoms with Crippen molar-refractivity contribution in [1.82, 2.24) is 20.2 Å². The van der Waals surface area contributed by atoms with E-state index in [1.165, 1.54) is 41.6 Å². The van der Waals surface area contributed by atoms with Crippen molar-refractivity contribution >= 4 is 17.7 Å². The highest BCUT2D eigenvalue weighted by atomic mass is 19.4. The van der Waals surface area contributed by atoms with Crippen LogP contribution in [0.3, 0.4) is 0 Å². The van der Waals surface area contributed by atoms with Crippen LogP contribution in [0.25, 0.3) is 0 Å². The molecule has 0 spiro atoms. The number of hydrogen-bond acceptors (Lipinski definition) is 6. The molecule has 2 heterocycles. The number of benzene rings is 1. The molecule has 2 fully saturated rings. The molecular weight excluding hydrogens is 491 g/mol. The van der Waals surface area contributed by atoms with Gasteiger partial charge >= 0.3 is 6.36 Å². The Hall–Kier alpha value is -4.14. The molecule has 2 aromatic rings. The number of nitrogens with two attached hydrogens (primary N) is 1. The predicted molar refractivity (Wildman–Crippen MR) is 123 cm³/mol. The van der Waals surface area contributed by atoms with Crippen molar-refractivity contribution < 1.29 is 32.3 Å². The van der Waals surface area contributed by atoms with Crippen LogP contribution >= 0.6 is 0 Å². The fourth-order valence-corrected chi connectivity index (χ4v) is 4.41. The number of likely N-dealkylation sites (tertiary alicyclic amines) is 1. The lowest BCUT2D eigenvalue weighted by atomic mass is 9.93. The Kier molecular flexibility index (Phi) is 7.33. The van der Waals surface area contributed by atoms with Gasteiger partial charge in [-0.15, -0.1) is 13.2 Å². The molecule has 3 amide bonds. The highest BCUT2D eigenvalue weighted by molar-refractivity contribution is 5.96. The van der Waals surface area contributed by atoms with Crippen molar-refractivity contribution in [2.45, 2.75) is 56.0 Å². The number of carbonyl (C=O) groups is 3. The fraction of sp³-hybridized carbons (Fsp3) is 0.400. The van der Waals surface area contributed by atoms with Gasteiger partial charge in [0.25, 0.3) is 0 Å². The molecule has 2 atom stereocenters. The van der Waals surface area contributed by atoms with E-state index >= 15 is 0 Å². The van der Waals surface area contributed by atoms with E-state index in [4.69, 9.17) is 5.73 Å². The lowest BCUT2D eigenvalue weighted by Crippen LogP contribution is -2.51. The number of carbonyl (C=O) groups excluding carboxylic acids is 3. The summed E-state index contributed by atoms with van der Waals surface area (Å²) in [4.78, 5) is 47.7. The molecule has 1 aromatic heterocycles. The Morgan fingerprint density at radius 1 is 1.19 bits per heavy atom. The molecule has 1 saturated heterocycles. The molecule has 9 nitrogen and oxygen atoms in total. The molecule has 2 aliphatic rings. The largest absolute Gasteiger partial charge is 0.573 e. The maximum Gasteiger partial charge on any atom is 0.573 e. The van der Waals surface area contributed by atoms with Crippen molar-refractivity contribution in [3.05, 3.63) is 54.1 Å². The smallest absolute Gasteiger partial charge is 0.406 e. The number of aromatic nitrogens is 2. The number of halogens is 3. The maximum atomic E-state index is 13.5. The van der Waals surface area contributed by atoms with Gasteiger partial charge in [0.2, 0.25) is 23.5 Å². The lowest BCUT2D eigenvalue weighted by molar-refractivity contribution is -0.274. The Labute approximate surface area is 210 Å². The Bertz CT molecular complexity index is 1220. The Morgan fingerprint density at radius 3 is 2.46 bits per heavy atom. The molecular formula is C25H24F3N5O4. The van der Waals surface area contributed by atoms with Crippen LogP contribution in [-0.2, 0) is 19.8 Å². The summed E-state index contributed by atoms with van der Waals surface area (Å²) < 4.78 is 41.3. The zero-order chi connectivity index (χ0) is 26.6. The van der Waals surface area contributed by atoms with E-state index in [2.05, 4.69) is 31.9 Å². The van der Waals surface area contributed by atoms with Gasteiger partial charge in [0.05, 0.1) is 17.9 Å². The first kappa shape index (κ1) is 25.9. The monoisotopic (exact) mass is 515 g/mol. The first-order chi connectivity index (χ1) is 17.6. The van der Waals surface area contributed by atoms with Crippen LogP contribution in [0.5, 0.6) is 5.75 Å². The van der Waals surface area contributed by atoms with Gasteiger partial charge in [0.15, 0.2) is 0 Å². The first-order valence-electron chi connectivity index (χ1n) is 11.6. The van der Waals surface area contributed by atoms with Crippen molar-refractivity contribution in [2.24, 2.45) is 5.73 Å². The molecule has 1 aliphatic carbocycles. The van der Waals surface area contributed by atoms with Crippen LogP contribution in [0.1, 0.15) is 43.5 Å². The molecule has 1 aromatic carbocycles. The van der Waals surface area contributed by atoms with Crippen molar-refractivity contribution in [2.75, 3.05) is 6.54 Å². The summed E-state index contributed by atoms with van der Waals surface area (Å²) in [5, 5.41) is 2.70. The average molecular weight is 515 g/mol. The number of rotatable bonds is 7. The molecule has 1 saturated carbocycles. The molecule has 0 radical (unpaired) electrons. The summed E-state index contributed by atoms with van der Waals surface area (Å²) >= 11 is 0. The highest BCUT2D eigenvalue weighted by Gasteiger charge is 2.55. The van der Waals surface area contributed by atoms with Crippen LogP contribution in [0.15, 0.2) is 42.7 Å². The minimum absolute atomic E-state index is 0.214. The summed E-state index contributed by atoms with van der Waals surface area (Å²) in [5.41, 5.74) is 4.99. The van der Waals surface area contributed by atoms with Gasteiger partial charge in [0.1, 0.15) is 11.8 Å². The third-order valence-corrected chi connectivity index (χ3v) is 6.26. The van der Waals surface area contributed by atoms with E-state index in [-0.39, 0.29) is 23.9 Å². The number of hydrogen-bond donors (Lipinski definition) is 2. The number of primary amides is 1. The summed E-state index contributed by atoms with van der Waals surface area (Å²) in [6.07, 6.45) is 0.0214. The molecule has 37 heavy (non-hydrogen) atoms. The lowest BCUT2D eigenvalue weighted by Gasteiger charge is -2.29. The third kappa shape index (κ3) is 6.35. The number of amides is 3. The second-order valence-corrected chi connectivity index (χ2v) is 8.88. The van der Waals surface area contributed by atoms with E-state index in [0.29, 0.717) is 37.8 Å². The minimum atomic E-state index is -4.81. The molecule has 0 unspecified atom stereocenters. The second-order valence-electron chi connectivity index (χ2n) is 8.88. The normalized spacial score (nSPS) is 18.8. The molecule has 3 N–H and O–H groups in total. The summed E-state index contributed by atoms with van der Waals surface area (Å²) in [6, 6.07) is 5.19. The van der Waals surface area contributed by atoms with Crippen LogP contribution < -0.4 is 15.8 Å². The topological polar surface area (TPSA) is 128 Å². The van der Waals surface area contributed by atoms with E-state index in [1.807, 2.05) is 0 Å². The van der Waals surface area contributed by atoms with Gasteiger partial charge in [0, 0.05) is 18.9 Å². The third-order valence-electron chi connectivity index (χ3n) is 6.26. The van der Waals surface area contributed by atoms with Gasteiger partial charge in [-0.2, -0.15) is 0 Å². The van der Waals surface area contributed by atoms with Gasteiger partial charge in [-0.3, -0.25) is 14.4 Å². The summed E-state index contributed by atoms with van der Waals surface area (Å²) in [7, 11) is 0. The second kappa shape index (κ2) is 10.5. The van der Waals surface area contributed by atoms with Crippen LogP contribution in [0.4, 0.5) is 13.2 Å². The standard InChI is InChI=1S/C25H24F3N5O4/c26-25(27,28)37-18-7-4-16(5-8-18)24(10-11-24)23(36)33-14-1-3-19(33)22(35)32-17(15-20(29)34)6-9-21-30-12-2-13-31-21/h2,4-5,7-8,12-13,17,19H,1,3,10-11,14-15H2,(H2,29,34)(H,32,35)/t17-,19+/m1/s1. The van der Waals surface area contributed by atoms with Gasteiger partial charge in [-0.25, -0.2) is 9.97 Å². The SMILES string of the molecule is NC(=O)C[C@@H](C#Cc1ncccn1)NC(=O)[C@@H]1CCCN1C(=O)C1(c2ccc(OC(F)(F)F)cc2)CC1. The van der Waals surface area contributed by atoms with Gasteiger partial charge < -0.3 is 20.7 Å². The number of nitrogens with one attached hydrogen (secondary N) is 1. The van der Waals surface area contributed by atoms with Gasteiger partial charge in [-0.1, -0.05) is 18.1 Å². The molecule has 12 heteroatoms. The van der Waals surface area contributed by atoms with Gasteiger partial charge in [-0.05, 0) is 55.4 Å². The average Bonchev–Trinajstić information content (AvgIpc) is 3.50. The molecule has 194 valence electrons. The Balaban J connectivity index is 1.46. The van der Waals surface area contributed by atoms with Crippen molar-refractivity contribution in [3.8, 4) is 17.6 Å². The fourth-order valence-electron chi connectivity index (χ4n) is 4.41. The summed E-state index contributed by atoms with van der Waals surface area (Å²) in [5.74, 6) is 3.90. The highest BCUT2D eigenvalue weighted by Crippen LogP contribution is 2.50. The minimum Gasteiger partial charge on any atom is -0.406 e. The quantitative estimate of drug-likeness (QED) is 0.542. The Morgan fingerprint density at radius 2 is 1.86 bits per heavy atom. The summed E-state index contributed by atoms with van der Waals surface area (Å²) in [6.45, 7) is 0.359.